The first kappa shape index (κ1) is 18.2. The quantitative estimate of drug-likeness (QED) is 0.598. The molecule has 0 aliphatic heterocycles. The van der Waals surface area contributed by atoms with Crippen LogP contribution in [-0.2, 0) is 11.2 Å². The van der Waals surface area contributed by atoms with Crippen LogP contribution in [0.25, 0.3) is 10.9 Å². The molecule has 138 valence electrons. The van der Waals surface area contributed by atoms with Crippen LogP contribution in [0, 0.1) is 5.82 Å². The molecule has 0 fully saturated rings. The predicted molar refractivity (Wildman–Crippen MR) is 97.3 cm³/mol. The first-order chi connectivity index (χ1) is 13.0. The Hall–Kier alpha value is -3.55. The van der Waals surface area contributed by atoms with Gasteiger partial charge in [-0.15, -0.1) is 0 Å². The Kier molecular flexibility index (Phi) is 5.55. The van der Waals surface area contributed by atoms with Crippen LogP contribution in [0.4, 0.5) is 4.39 Å². The molecule has 0 aliphatic rings. The summed E-state index contributed by atoms with van der Waals surface area (Å²) in [7, 11) is 0. The molecule has 2 aromatic carbocycles. The van der Waals surface area contributed by atoms with E-state index in [0.29, 0.717) is 29.6 Å². The molecule has 0 unspecified atom stereocenters. The van der Waals surface area contributed by atoms with E-state index in [9.17, 15) is 18.8 Å². The van der Waals surface area contributed by atoms with Crippen LogP contribution in [0.5, 0.6) is 0 Å². The van der Waals surface area contributed by atoms with Crippen LogP contribution < -0.4 is 16.4 Å². The molecule has 3 rings (SSSR count). The second-order valence-corrected chi connectivity index (χ2v) is 5.89. The lowest BCUT2D eigenvalue weighted by atomic mass is 10.2. The fourth-order valence-electron chi connectivity index (χ4n) is 2.53. The lowest BCUT2D eigenvalue weighted by molar-refractivity contribution is -0.121. The molecule has 0 bridgehead atoms. The minimum atomic E-state index is -0.538. The van der Waals surface area contributed by atoms with Crippen molar-refractivity contribution in [1.29, 1.82) is 0 Å². The number of nitrogens with zero attached hydrogens (tertiary/aromatic N) is 1. The van der Waals surface area contributed by atoms with Gasteiger partial charge in [0, 0.05) is 18.4 Å². The Morgan fingerprint density at radius 3 is 2.56 bits per heavy atom. The smallest absolute Gasteiger partial charge is 0.269 e. The Labute approximate surface area is 153 Å². The van der Waals surface area contributed by atoms with Gasteiger partial charge in [-0.25, -0.2) is 9.37 Å². The number of H-pyrrole nitrogens is 1. The number of hydrazine groups is 1. The van der Waals surface area contributed by atoms with Gasteiger partial charge in [-0.2, -0.15) is 0 Å². The molecule has 7 nitrogen and oxygen atoms in total. The number of aryl methyl sites for hydroxylation is 1. The molecule has 2 amide bonds. The first-order valence-electron chi connectivity index (χ1n) is 8.35. The number of amides is 2. The normalized spacial score (nSPS) is 10.6. The molecule has 0 saturated carbocycles. The SMILES string of the molecule is O=C(CCCc1nc2ccccc2c(=O)[nH]1)NNC(=O)c1ccc(F)cc1. The summed E-state index contributed by atoms with van der Waals surface area (Å²) >= 11 is 0. The summed E-state index contributed by atoms with van der Waals surface area (Å²) in [5.74, 6) is -0.866. The van der Waals surface area contributed by atoms with E-state index in [4.69, 9.17) is 0 Å². The zero-order valence-electron chi connectivity index (χ0n) is 14.3. The number of fused-ring (bicyclic) bond motifs is 1. The van der Waals surface area contributed by atoms with Crippen molar-refractivity contribution in [3.63, 3.8) is 0 Å². The highest BCUT2D eigenvalue weighted by Gasteiger charge is 2.08. The number of rotatable bonds is 5. The number of para-hydroxylation sites is 1. The van der Waals surface area contributed by atoms with E-state index in [-0.39, 0.29) is 23.5 Å². The maximum atomic E-state index is 12.8. The largest absolute Gasteiger partial charge is 0.310 e. The number of aromatic amines is 1. The summed E-state index contributed by atoms with van der Waals surface area (Å²) in [5.41, 5.74) is 5.18. The van der Waals surface area contributed by atoms with Gasteiger partial charge in [0.1, 0.15) is 11.6 Å². The van der Waals surface area contributed by atoms with Crippen molar-refractivity contribution in [2.45, 2.75) is 19.3 Å². The van der Waals surface area contributed by atoms with Gasteiger partial charge < -0.3 is 4.98 Å². The summed E-state index contributed by atoms with van der Waals surface area (Å²) in [6.07, 6.45) is 0.999. The van der Waals surface area contributed by atoms with Crippen molar-refractivity contribution >= 4 is 22.7 Å². The molecule has 0 radical (unpaired) electrons. The standard InChI is InChI=1S/C19H17FN4O3/c20-13-10-8-12(9-11-13)18(26)24-23-17(25)7-3-6-16-21-15-5-2-1-4-14(15)19(27)22-16/h1-2,4-5,8-11H,3,6-7H2,(H,23,25)(H,24,26)(H,21,22,27). The fraction of sp³-hybridized carbons (Fsp3) is 0.158. The number of halogens is 1. The highest BCUT2D eigenvalue weighted by atomic mass is 19.1. The molecule has 0 spiro atoms. The molecule has 3 aromatic rings. The van der Waals surface area contributed by atoms with E-state index in [2.05, 4.69) is 20.8 Å². The highest BCUT2D eigenvalue weighted by Crippen LogP contribution is 2.07. The summed E-state index contributed by atoms with van der Waals surface area (Å²) in [5, 5.41) is 0.516. The molecular formula is C19H17FN4O3. The lowest BCUT2D eigenvalue weighted by Crippen LogP contribution is -2.41. The molecule has 1 heterocycles. The summed E-state index contributed by atoms with van der Waals surface area (Å²) in [4.78, 5) is 42.7. The number of benzene rings is 2. The van der Waals surface area contributed by atoms with E-state index in [1.807, 2.05) is 0 Å². The van der Waals surface area contributed by atoms with Gasteiger partial charge in [-0.05, 0) is 42.8 Å². The number of hydrogen-bond donors (Lipinski definition) is 3. The average Bonchev–Trinajstić information content (AvgIpc) is 2.67. The monoisotopic (exact) mass is 368 g/mol. The topological polar surface area (TPSA) is 104 Å². The number of hydrogen-bond acceptors (Lipinski definition) is 4. The van der Waals surface area contributed by atoms with E-state index >= 15 is 0 Å². The third-order valence-corrected chi connectivity index (χ3v) is 3.90. The van der Waals surface area contributed by atoms with Crippen LogP contribution in [0.1, 0.15) is 29.0 Å². The molecule has 0 atom stereocenters. The Bertz CT molecular complexity index is 1030. The minimum Gasteiger partial charge on any atom is -0.310 e. The molecule has 8 heteroatoms. The number of carbonyl (C=O) groups is 2. The van der Waals surface area contributed by atoms with Crippen molar-refractivity contribution in [2.24, 2.45) is 0 Å². The van der Waals surface area contributed by atoms with Gasteiger partial charge in [0.2, 0.25) is 5.91 Å². The second-order valence-electron chi connectivity index (χ2n) is 5.89. The van der Waals surface area contributed by atoms with Crippen molar-refractivity contribution < 1.29 is 14.0 Å². The van der Waals surface area contributed by atoms with Crippen molar-refractivity contribution in [1.82, 2.24) is 20.8 Å². The van der Waals surface area contributed by atoms with Crippen LogP contribution in [0.2, 0.25) is 0 Å². The predicted octanol–water partition coefficient (Wildman–Crippen LogP) is 1.85. The van der Waals surface area contributed by atoms with E-state index in [1.165, 1.54) is 12.1 Å². The second kappa shape index (κ2) is 8.22. The van der Waals surface area contributed by atoms with Gasteiger partial charge in [0.05, 0.1) is 10.9 Å². The molecule has 27 heavy (non-hydrogen) atoms. The number of aromatic nitrogens is 2. The van der Waals surface area contributed by atoms with Crippen LogP contribution in [0.3, 0.4) is 0 Å². The average molecular weight is 368 g/mol. The van der Waals surface area contributed by atoms with Crippen LogP contribution in [0.15, 0.2) is 53.3 Å². The summed E-state index contributed by atoms with van der Waals surface area (Å²) in [6, 6.07) is 12.0. The molecule has 3 N–H and O–H groups in total. The van der Waals surface area contributed by atoms with Gasteiger partial charge in [0.15, 0.2) is 0 Å². The Morgan fingerprint density at radius 1 is 1.04 bits per heavy atom. The number of carbonyl (C=O) groups excluding carboxylic acids is 2. The van der Waals surface area contributed by atoms with Crippen LogP contribution in [-0.4, -0.2) is 21.8 Å². The molecule has 1 aromatic heterocycles. The molecule has 0 aliphatic carbocycles. The third-order valence-electron chi connectivity index (χ3n) is 3.90. The van der Waals surface area contributed by atoms with Gasteiger partial charge in [0.25, 0.3) is 11.5 Å². The summed E-state index contributed by atoms with van der Waals surface area (Å²) in [6.45, 7) is 0. The van der Waals surface area contributed by atoms with Gasteiger partial charge in [-0.3, -0.25) is 25.2 Å². The zero-order chi connectivity index (χ0) is 19.2. The Balaban J connectivity index is 1.47. The molecular weight excluding hydrogens is 351 g/mol. The van der Waals surface area contributed by atoms with Crippen molar-refractivity contribution in [3.05, 3.63) is 76.1 Å². The zero-order valence-corrected chi connectivity index (χ0v) is 14.3. The van der Waals surface area contributed by atoms with Crippen molar-refractivity contribution in [3.8, 4) is 0 Å². The lowest BCUT2D eigenvalue weighted by Gasteiger charge is -2.07. The van der Waals surface area contributed by atoms with Gasteiger partial charge >= 0.3 is 0 Å². The third kappa shape index (κ3) is 4.75. The van der Waals surface area contributed by atoms with E-state index in [0.717, 1.165) is 12.1 Å². The highest BCUT2D eigenvalue weighted by molar-refractivity contribution is 5.95. The van der Waals surface area contributed by atoms with Gasteiger partial charge in [-0.1, -0.05) is 12.1 Å². The minimum absolute atomic E-state index is 0.139. The van der Waals surface area contributed by atoms with Crippen molar-refractivity contribution in [2.75, 3.05) is 0 Å². The van der Waals surface area contributed by atoms with Crippen LogP contribution >= 0.6 is 0 Å². The first-order valence-corrected chi connectivity index (χ1v) is 8.35. The van der Waals surface area contributed by atoms with E-state index in [1.54, 1.807) is 24.3 Å². The number of nitrogens with one attached hydrogen (secondary N) is 3. The fourth-order valence-corrected chi connectivity index (χ4v) is 2.53. The van der Waals surface area contributed by atoms with E-state index < -0.39 is 11.7 Å². The summed E-state index contributed by atoms with van der Waals surface area (Å²) < 4.78 is 12.8. The Morgan fingerprint density at radius 2 is 1.78 bits per heavy atom. The maximum absolute atomic E-state index is 12.8. The maximum Gasteiger partial charge on any atom is 0.269 e. The molecule has 0 saturated heterocycles.